The summed E-state index contributed by atoms with van der Waals surface area (Å²) < 4.78 is 25.3. The zero-order valence-electron chi connectivity index (χ0n) is 15.4. The summed E-state index contributed by atoms with van der Waals surface area (Å²) in [5.74, 6) is -0.418. The first-order chi connectivity index (χ1) is 12.6. The van der Waals surface area contributed by atoms with E-state index in [4.69, 9.17) is 23.2 Å². The number of nitrogens with one attached hydrogen (secondary N) is 1. The van der Waals surface area contributed by atoms with Gasteiger partial charge in [-0.2, -0.15) is 0 Å². The minimum atomic E-state index is -3.68. The van der Waals surface area contributed by atoms with Gasteiger partial charge >= 0.3 is 0 Å². The largest absolute Gasteiger partial charge is 0.348 e. The molecular formula is C19H22Cl2N2O3S. The summed E-state index contributed by atoms with van der Waals surface area (Å²) >= 11 is 11.9. The molecule has 0 fully saturated rings. The molecule has 1 amide bonds. The van der Waals surface area contributed by atoms with Crippen LogP contribution in [0.2, 0.25) is 10.0 Å². The maximum atomic E-state index is 12.5. The fraction of sp³-hybridized carbons (Fsp3) is 0.316. The van der Waals surface area contributed by atoms with Crippen LogP contribution >= 0.6 is 23.2 Å². The number of rotatable bonds is 7. The highest BCUT2D eigenvalue weighted by Gasteiger charge is 2.22. The van der Waals surface area contributed by atoms with E-state index in [1.165, 1.54) is 23.8 Å². The summed E-state index contributed by atoms with van der Waals surface area (Å²) in [5.41, 5.74) is 2.43. The van der Waals surface area contributed by atoms with Crippen molar-refractivity contribution in [3.8, 4) is 0 Å². The van der Waals surface area contributed by atoms with Crippen LogP contribution in [0, 0.1) is 0 Å². The highest BCUT2D eigenvalue weighted by Crippen LogP contribution is 2.28. The van der Waals surface area contributed by atoms with Crippen LogP contribution in [0.1, 0.15) is 31.0 Å². The topological polar surface area (TPSA) is 66.5 Å². The number of anilines is 1. The van der Waals surface area contributed by atoms with Crippen molar-refractivity contribution in [2.24, 2.45) is 0 Å². The predicted octanol–water partition coefficient (Wildman–Crippen LogP) is 4.20. The zero-order chi connectivity index (χ0) is 20.2. The Balaban J connectivity index is 2.14. The Morgan fingerprint density at radius 2 is 1.74 bits per heavy atom. The van der Waals surface area contributed by atoms with E-state index >= 15 is 0 Å². The summed E-state index contributed by atoms with van der Waals surface area (Å²) in [6, 6.07) is 12.1. The molecule has 0 aliphatic heterocycles. The Kier molecular flexibility index (Phi) is 7.14. The van der Waals surface area contributed by atoms with Crippen LogP contribution in [-0.4, -0.2) is 27.1 Å². The second-order valence-electron chi connectivity index (χ2n) is 6.25. The predicted molar refractivity (Wildman–Crippen MR) is 111 cm³/mol. The van der Waals surface area contributed by atoms with Crippen molar-refractivity contribution < 1.29 is 13.2 Å². The van der Waals surface area contributed by atoms with Gasteiger partial charge in [-0.15, -0.1) is 0 Å². The number of carbonyl (C=O) groups excluding carboxylic acids is 1. The van der Waals surface area contributed by atoms with Gasteiger partial charge in [0.15, 0.2) is 0 Å². The number of aryl methyl sites for hydroxylation is 1. The lowest BCUT2D eigenvalue weighted by Gasteiger charge is -2.23. The molecule has 1 atom stereocenters. The van der Waals surface area contributed by atoms with Crippen LogP contribution in [0.5, 0.6) is 0 Å². The maximum Gasteiger partial charge on any atom is 0.241 e. The first-order valence-corrected chi connectivity index (χ1v) is 11.0. The van der Waals surface area contributed by atoms with Gasteiger partial charge in [-0.1, -0.05) is 54.4 Å². The summed E-state index contributed by atoms with van der Waals surface area (Å²) in [6.07, 6.45) is 1.98. The van der Waals surface area contributed by atoms with E-state index in [1.807, 2.05) is 31.2 Å². The van der Waals surface area contributed by atoms with E-state index in [9.17, 15) is 13.2 Å². The van der Waals surface area contributed by atoms with Gasteiger partial charge in [-0.25, -0.2) is 8.42 Å². The van der Waals surface area contributed by atoms with Crippen molar-refractivity contribution in [1.29, 1.82) is 0 Å². The van der Waals surface area contributed by atoms with Gasteiger partial charge in [-0.3, -0.25) is 9.10 Å². The molecule has 2 rings (SSSR count). The summed E-state index contributed by atoms with van der Waals surface area (Å²) in [7, 11) is -3.68. The summed E-state index contributed by atoms with van der Waals surface area (Å²) in [5, 5.41) is 3.35. The lowest BCUT2D eigenvalue weighted by atomic mass is 10.1. The normalized spacial score (nSPS) is 12.5. The molecule has 0 heterocycles. The SMILES string of the molecule is CCc1ccc(C(C)NC(=O)CN(c2ccc(Cl)c(Cl)c2)S(C)(=O)=O)cc1. The molecule has 1 unspecified atom stereocenters. The Hall–Kier alpha value is -1.76. The number of hydrogen-bond acceptors (Lipinski definition) is 3. The monoisotopic (exact) mass is 428 g/mol. The number of sulfonamides is 1. The molecule has 2 aromatic rings. The summed E-state index contributed by atoms with van der Waals surface area (Å²) in [4.78, 5) is 12.5. The highest BCUT2D eigenvalue weighted by atomic mass is 35.5. The standard InChI is InChI=1S/C19H22Cl2N2O3S/c1-4-14-5-7-15(8-6-14)13(2)22-19(24)12-23(27(3,25)26)16-9-10-17(20)18(21)11-16/h5-11,13H,4,12H2,1-3H3,(H,22,24). The molecule has 146 valence electrons. The van der Waals surface area contributed by atoms with E-state index < -0.39 is 15.9 Å². The van der Waals surface area contributed by atoms with Crippen molar-refractivity contribution >= 4 is 44.8 Å². The third-order valence-electron chi connectivity index (χ3n) is 4.14. The van der Waals surface area contributed by atoms with E-state index in [-0.39, 0.29) is 23.3 Å². The van der Waals surface area contributed by atoms with Crippen molar-refractivity contribution in [1.82, 2.24) is 5.32 Å². The smallest absolute Gasteiger partial charge is 0.241 e. The molecule has 0 aromatic heterocycles. The third-order valence-corrected chi connectivity index (χ3v) is 6.02. The first kappa shape index (κ1) is 21.5. The second-order valence-corrected chi connectivity index (χ2v) is 8.97. The van der Waals surface area contributed by atoms with Crippen molar-refractivity contribution in [2.75, 3.05) is 17.1 Å². The van der Waals surface area contributed by atoms with Gasteiger partial charge in [-0.05, 0) is 42.7 Å². The molecule has 5 nitrogen and oxygen atoms in total. The van der Waals surface area contributed by atoms with Gasteiger partial charge < -0.3 is 5.32 Å². The fourth-order valence-corrected chi connectivity index (χ4v) is 3.72. The Labute approximate surface area is 170 Å². The minimum Gasteiger partial charge on any atom is -0.348 e. The lowest BCUT2D eigenvalue weighted by molar-refractivity contribution is -0.120. The Morgan fingerprint density at radius 3 is 2.26 bits per heavy atom. The molecule has 0 saturated carbocycles. The number of carbonyl (C=O) groups is 1. The highest BCUT2D eigenvalue weighted by molar-refractivity contribution is 7.92. The van der Waals surface area contributed by atoms with Gasteiger partial charge in [0.25, 0.3) is 0 Å². The average Bonchev–Trinajstić information content (AvgIpc) is 2.61. The molecule has 0 aliphatic carbocycles. The molecule has 27 heavy (non-hydrogen) atoms. The molecule has 2 aromatic carbocycles. The molecule has 0 radical (unpaired) electrons. The fourth-order valence-electron chi connectivity index (χ4n) is 2.58. The van der Waals surface area contributed by atoms with Crippen LogP contribution < -0.4 is 9.62 Å². The first-order valence-electron chi connectivity index (χ1n) is 8.42. The zero-order valence-corrected chi connectivity index (χ0v) is 17.7. The summed E-state index contributed by atoms with van der Waals surface area (Å²) in [6.45, 7) is 3.57. The van der Waals surface area contributed by atoms with Gasteiger partial charge in [0.05, 0.1) is 28.0 Å². The Morgan fingerprint density at radius 1 is 1.11 bits per heavy atom. The van der Waals surface area contributed by atoms with Crippen molar-refractivity contribution in [2.45, 2.75) is 26.3 Å². The van der Waals surface area contributed by atoms with Gasteiger partial charge in [0.1, 0.15) is 6.54 Å². The number of benzene rings is 2. The molecule has 0 aliphatic rings. The van der Waals surface area contributed by atoms with Crippen LogP contribution in [0.25, 0.3) is 0 Å². The number of halogens is 2. The van der Waals surface area contributed by atoms with Gasteiger partial charge in [0, 0.05) is 0 Å². The molecular weight excluding hydrogens is 407 g/mol. The average molecular weight is 429 g/mol. The number of hydrogen-bond donors (Lipinski definition) is 1. The van der Waals surface area contributed by atoms with E-state index in [2.05, 4.69) is 12.2 Å². The number of nitrogens with zero attached hydrogens (tertiary/aromatic N) is 1. The lowest BCUT2D eigenvalue weighted by Crippen LogP contribution is -2.41. The quantitative estimate of drug-likeness (QED) is 0.718. The van der Waals surface area contributed by atoms with E-state index in [0.29, 0.717) is 5.02 Å². The van der Waals surface area contributed by atoms with Crippen molar-refractivity contribution in [3.63, 3.8) is 0 Å². The van der Waals surface area contributed by atoms with Crippen LogP contribution in [0.4, 0.5) is 5.69 Å². The Bertz CT molecular complexity index is 915. The molecule has 0 saturated heterocycles. The van der Waals surface area contributed by atoms with Crippen molar-refractivity contribution in [3.05, 3.63) is 63.6 Å². The molecule has 0 spiro atoms. The van der Waals surface area contributed by atoms with Crippen LogP contribution in [-0.2, 0) is 21.2 Å². The molecule has 8 heteroatoms. The minimum absolute atomic E-state index is 0.215. The van der Waals surface area contributed by atoms with Gasteiger partial charge in [0.2, 0.25) is 15.9 Å². The second kappa shape index (κ2) is 8.95. The third kappa shape index (κ3) is 5.86. The maximum absolute atomic E-state index is 12.5. The van der Waals surface area contributed by atoms with E-state index in [0.717, 1.165) is 22.5 Å². The molecule has 1 N–H and O–H groups in total. The number of amides is 1. The molecule has 0 bridgehead atoms. The van der Waals surface area contributed by atoms with Crippen LogP contribution in [0.3, 0.4) is 0 Å². The van der Waals surface area contributed by atoms with Crippen LogP contribution in [0.15, 0.2) is 42.5 Å². The van der Waals surface area contributed by atoms with E-state index in [1.54, 1.807) is 0 Å².